The Bertz CT molecular complexity index is 1530. The van der Waals surface area contributed by atoms with Crippen molar-refractivity contribution in [2.45, 2.75) is 19.9 Å². The lowest BCUT2D eigenvalue weighted by molar-refractivity contribution is 0.0979. The number of aromatic nitrogens is 2. The van der Waals surface area contributed by atoms with Crippen LogP contribution in [0.4, 0.5) is 10.1 Å². The van der Waals surface area contributed by atoms with Crippen molar-refractivity contribution in [2.75, 3.05) is 4.90 Å². The van der Waals surface area contributed by atoms with Crippen LogP contribution in [0.25, 0.3) is 21.5 Å². The molecule has 2 aromatic heterocycles. The normalized spacial score (nSPS) is 11.0. The number of amides is 1. The molecule has 3 aromatic carbocycles. The van der Waals surface area contributed by atoms with Crippen molar-refractivity contribution in [2.24, 2.45) is 0 Å². The Morgan fingerprint density at radius 1 is 1.00 bits per heavy atom. The molecule has 0 bridgehead atoms. The van der Waals surface area contributed by atoms with Crippen molar-refractivity contribution in [1.29, 1.82) is 0 Å². The quantitative estimate of drug-likeness (QED) is 0.295. The summed E-state index contributed by atoms with van der Waals surface area (Å²) in [5.41, 5.74) is 3.47. The number of anilines is 1. The Kier molecular flexibility index (Phi) is 6.25. The summed E-state index contributed by atoms with van der Waals surface area (Å²) in [7, 11) is 0. The second kappa shape index (κ2) is 9.64. The first kappa shape index (κ1) is 22.7. The molecule has 5 rings (SSSR count). The van der Waals surface area contributed by atoms with Gasteiger partial charge < -0.3 is 5.11 Å². The van der Waals surface area contributed by atoms with E-state index in [-0.39, 0.29) is 23.7 Å². The molecule has 5 nitrogen and oxygen atoms in total. The van der Waals surface area contributed by atoms with Crippen LogP contribution in [-0.2, 0) is 13.0 Å². The number of aromatic hydroxyl groups is 1. The second-order valence-corrected chi connectivity index (χ2v) is 9.22. The van der Waals surface area contributed by atoms with Crippen LogP contribution in [0.1, 0.15) is 27.9 Å². The summed E-state index contributed by atoms with van der Waals surface area (Å²) in [5, 5.41) is 10.0. The van der Waals surface area contributed by atoms with Crippen molar-refractivity contribution in [3.05, 3.63) is 107 Å². The standard InChI is InChI=1S/C28H22FN3O2S/c1-2-18-15-19(11-13-26(18)33)27-14-12-20(35-27)17-32(25-10-6-3-7-21(25)29)28(34)24-16-30-22-8-4-5-9-23(22)31-24/h3-16,33H,2,17H2,1H3. The van der Waals surface area contributed by atoms with Crippen LogP contribution in [0.5, 0.6) is 5.75 Å². The summed E-state index contributed by atoms with van der Waals surface area (Å²) >= 11 is 1.52. The van der Waals surface area contributed by atoms with Crippen molar-refractivity contribution in [3.8, 4) is 16.2 Å². The molecule has 5 aromatic rings. The van der Waals surface area contributed by atoms with E-state index in [1.54, 1.807) is 30.3 Å². The minimum Gasteiger partial charge on any atom is -0.508 e. The molecule has 0 spiro atoms. The molecule has 0 atom stereocenters. The number of phenolic OH excluding ortho intramolecular Hbond substituents is 1. The van der Waals surface area contributed by atoms with E-state index in [9.17, 15) is 14.3 Å². The number of fused-ring (bicyclic) bond motifs is 1. The molecule has 174 valence electrons. The zero-order chi connectivity index (χ0) is 24.4. The highest BCUT2D eigenvalue weighted by atomic mass is 32.1. The smallest absolute Gasteiger partial charge is 0.278 e. The van der Waals surface area contributed by atoms with Crippen LogP contribution in [0.3, 0.4) is 0 Å². The van der Waals surface area contributed by atoms with Crippen LogP contribution in [0.15, 0.2) is 85.1 Å². The number of hydrogen-bond donors (Lipinski definition) is 1. The lowest BCUT2D eigenvalue weighted by Crippen LogP contribution is -2.31. The van der Waals surface area contributed by atoms with E-state index in [2.05, 4.69) is 9.97 Å². The fourth-order valence-corrected chi connectivity index (χ4v) is 4.92. The van der Waals surface area contributed by atoms with Gasteiger partial charge in [-0.2, -0.15) is 0 Å². The molecule has 0 unspecified atom stereocenters. The molecule has 1 N–H and O–H groups in total. The van der Waals surface area contributed by atoms with Crippen molar-refractivity contribution < 1.29 is 14.3 Å². The lowest BCUT2D eigenvalue weighted by atomic mass is 10.1. The maximum absolute atomic E-state index is 14.8. The average molecular weight is 484 g/mol. The van der Waals surface area contributed by atoms with Crippen molar-refractivity contribution in [3.63, 3.8) is 0 Å². The van der Waals surface area contributed by atoms with Gasteiger partial charge >= 0.3 is 0 Å². The number of nitrogens with zero attached hydrogens (tertiary/aromatic N) is 3. The van der Waals surface area contributed by atoms with Crippen LogP contribution in [0, 0.1) is 5.82 Å². The average Bonchev–Trinajstić information content (AvgIpc) is 3.36. The minimum absolute atomic E-state index is 0.148. The molecule has 1 amide bonds. The summed E-state index contributed by atoms with van der Waals surface area (Å²) in [5.74, 6) is -0.639. The predicted molar refractivity (Wildman–Crippen MR) is 137 cm³/mol. The maximum Gasteiger partial charge on any atom is 0.278 e. The Labute approximate surface area is 206 Å². The van der Waals surface area contributed by atoms with Gasteiger partial charge in [-0.25, -0.2) is 9.37 Å². The molecule has 0 aliphatic rings. The monoisotopic (exact) mass is 483 g/mol. The maximum atomic E-state index is 14.8. The molecular formula is C28H22FN3O2S. The molecular weight excluding hydrogens is 461 g/mol. The van der Waals surface area contributed by atoms with Crippen LogP contribution in [0.2, 0.25) is 0 Å². The van der Waals surface area contributed by atoms with E-state index < -0.39 is 11.7 Å². The highest BCUT2D eigenvalue weighted by molar-refractivity contribution is 7.15. The zero-order valence-corrected chi connectivity index (χ0v) is 19.8. The molecule has 2 heterocycles. The Morgan fingerprint density at radius 2 is 1.77 bits per heavy atom. The fraction of sp³-hybridized carbons (Fsp3) is 0.107. The van der Waals surface area contributed by atoms with Gasteiger partial charge in [0.05, 0.1) is 29.5 Å². The molecule has 0 aliphatic heterocycles. The molecule has 0 saturated heterocycles. The summed E-state index contributed by atoms with van der Waals surface area (Å²) in [6.07, 6.45) is 2.15. The number of halogens is 1. The number of aryl methyl sites for hydroxylation is 1. The van der Waals surface area contributed by atoms with Crippen LogP contribution < -0.4 is 4.90 Å². The SMILES string of the molecule is CCc1cc(-c2ccc(CN(C(=O)c3cnc4ccccc4n3)c3ccccc3F)s2)ccc1O. The number of benzene rings is 3. The molecule has 0 fully saturated rings. The van der Waals surface area contributed by atoms with Gasteiger partial charge in [-0.1, -0.05) is 31.2 Å². The van der Waals surface area contributed by atoms with Gasteiger partial charge in [0, 0.05) is 9.75 Å². The fourth-order valence-electron chi connectivity index (χ4n) is 3.93. The first-order valence-electron chi connectivity index (χ1n) is 11.2. The number of phenols is 1. The van der Waals surface area contributed by atoms with Crippen molar-refractivity contribution in [1.82, 2.24) is 9.97 Å². The first-order chi connectivity index (χ1) is 17.0. The van der Waals surface area contributed by atoms with Crippen LogP contribution >= 0.6 is 11.3 Å². The second-order valence-electron chi connectivity index (χ2n) is 8.05. The van der Waals surface area contributed by atoms with Gasteiger partial charge in [0.15, 0.2) is 0 Å². The van der Waals surface area contributed by atoms with E-state index in [0.717, 1.165) is 27.3 Å². The number of hydrogen-bond acceptors (Lipinski definition) is 5. The van der Waals surface area contributed by atoms with E-state index in [1.165, 1.54) is 28.5 Å². The summed E-state index contributed by atoms with van der Waals surface area (Å²) in [6.45, 7) is 2.17. The number of para-hydroxylation sites is 3. The number of rotatable bonds is 6. The summed E-state index contributed by atoms with van der Waals surface area (Å²) in [4.78, 5) is 25.7. The van der Waals surface area contributed by atoms with Crippen LogP contribution in [-0.4, -0.2) is 21.0 Å². The van der Waals surface area contributed by atoms with Gasteiger partial charge in [0.1, 0.15) is 17.3 Å². The van der Waals surface area contributed by atoms with Gasteiger partial charge in [0.25, 0.3) is 5.91 Å². The van der Waals surface area contributed by atoms with Crippen molar-refractivity contribution >= 4 is 34.0 Å². The van der Waals surface area contributed by atoms with Gasteiger partial charge in [0.2, 0.25) is 0 Å². The Morgan fingerprint density at radius 3 is 2.57 bits per heavy atom. The van der Waals surface area contributed by atoms with Gasteiger partial charge in [-0.3, -0.25) is 14.7 Å². The third-order valence-corrected chi connectivity index (χ3v) is 6.90. The topological polar surface area (TPSA) is 66.3 Å². The van der Waals surface area contributed by atoms with E-state index in [4.69, 9.17) is 0 Å². The Balaban J connectivity index is 1.50. The molecule has 0 aliphatic carbocycles. The predicted octanol–water partition coefficient (Wildman–Crippen LogP) is 6.61. The lowest BCUT2D eigenvalue weighted by Gasteiger charge is -2.22. The number of thiophene rings is 1. The number of carbonyl (C=O) groups excluding carboxylic acids is 1. The molecule has 0 saturated carbocycles. The third-order valence-electron chi connectivity index (χ3n) is 5.78. The van der Waals surface area contributed by atoms with E-state index in [0.29, 0.717) is 11.0 Å². The minimum atomic E-state index is -0.488. The van der Waals surface area contributed by atoms with Gasteiger partial charge in [-0.05, 0) is 72.1 Å². The summed E-state index contributed by atoms with van der Waals surface area (Å²) < 4.78 is 14.8. The highest BCUT2D eigenvalue weighted by Crippen LogP contribution is 2.33. The molecule has 35 heavy (non-hydrogen) atoms. The zero-order valence-electron chi connectivity index (χ0n) is 19.0. The van der Waals surface area contributed by atoms with Gasteiger partial charge in [-0.15, -0.1) is 11.3 Å². The molecule has 7 heteroatoms. The van der Waals surface area contributed by atoms with E-state index >= 15 is 0 Å². The Hall–Kier alpha value is -4.10. The number of carbonyl (C=O) groups is 1. The molecule has 0 radical (unpaired) electrons. The third kappa shape index (κ3) is 4.63. The summed E-state index contributed by atoms with van der Waals surface area (Å²) in [6, 6.07) is 23.0. The van der Waals surface area contributed by atoms with E-state index in [1.807, 2.05) is 49.4 Å². The first-order valence-corrected chi connectivity index (χ1v) is 12.0. The largest absolute Gasteiger partial charge is 0.508 e. The highest BCUT2D eigenvalue weighted by Gasteiger charge is 2.23.